The van der Waals surface area contributed by atoms with Gasteiger partial charge < -0.3 is 15.5 Å². The van der Waals surface area contributed by atoms with Crippen molar-refractivity contribution in [1.82, 2.24) is 15.3 Å². The van der Waals surface area contributed by atoms with E-state index in [1.54, 1.807) is 28.5 Å². The SMILES string of the molecule is Cc1nc(CCNC(=O)c2cnc3c(c2)N(CC2CC2)C(=O)CN3)sc1C. The van der Waals surface area contributed by atoms with Gasteiger partial charge in [0.2, 0.25) is 5.91 Å². The van der Waals surface area contributed by atoms with Crippen molar-refractivity contribution in [2.24, 2.45) is 5.92 Å². The van der Waals surface area contributed by atoms with Crippen molar-refractivity contribution in [3.63, 3.8) is 0 Å². The lowest BCUT2D eigenvalue weighted by Gasteiger charge is -2.29. The zero-order chi connectivity index (χ0) is 19.0. The van der Waals surface area contributed by atoms with Gasteiger partial charge in [0.05, 0.1) is 28.5 Å². The van der Waals surface area contributed by atoms with Gasteiger partial charge in [0.15, 0.2) is 0 Å². The first kappa shape index (κ1) is 17.9. The third-order valence-electron chi connectivity index (χ3n) is 4.96. The predicted octanol–water partition coefficient (Wildman–Crippen LogP) is 2.30. The topological polar surface area (TPSA) is 87.2 Å². The molecule has 0 saturated heterocycles. The van der Waals surface area contributed by atoms with Gasteiger partial charge in [-0.15, -0.1) is 11.3 Å². The van der Waals surface area contributed by atoms with Crippen LogP contribution in [0.2, 0.25) is 0 Å². The predicted molar refractivity (Wildman–Crippen MR) is 105 cm³/mol. The summed E-state index contributed by atoms with van der Waals surface area (Å²) in [5, 5.41) is 6.99. The van der Waals surface area contributed by atoms with Crippen molar-refractivity contribution in [2.75, 3.05) is 29.9 Å². The summed E-state index contributed by atoms with van der Waals surface area (Å²) < 4.78 is 0. The summed E-state index contributed by atoms with van der Waals surface area (Å²) in [5.41, 5.74) is 2.22. The number of nitrogens with one attached hydrogen (secondary N) is 2. The van der Waals surface area contributed by atoms with Crippen molar-refractivity contribution >= 4 is 34.7 Å². The fourth-order valence-electron chi connectivity index (χ4n) is 3.10. The van der Waals surface area contributed by atoms with Gasteiger partial charge in [0, 0.05) is 30.6 Å². The molecule has 2 amide bonds. The lowest BCUT2D eigenvalue weighted by atomic mass is 10.1. The number of fused-ring (bicyclic) bond motifs is 1. The highest BCUT2D eigenvalue weighted by Gasteiger charge is 2.32. The van der Waals surface area contributed by atoms with Crippen LogP contribution < -0.4 is 15.5 Å². The quantitative estimate of drug-likeness (QED) is 0.797. The number of carbonyl (C=O) groups excluding carboxylic acids is 2. The number of thiazole rings is 1. The Morgan fingerprint density at radius 1 is 1.41 bits per heavy atom. The molecule has 8 heteroatoms. The number of nitrogens with zero attached hydrogens (tertiary/aromatic N) is 3. The minimum absolute atomic E-state index is 0.0308. The van der Waals surface area contributed by atoms with Gasteiger partial charge >= 0.3 is 0 Å². The van der Waals surface area contributed by atoms with Crippen molar-refractivity contribution in [2.45, 2.75) is 33.1 Å². The molecule has 142 valence electrons. The van der Waals surface area contributed by atoms with E-state index < -0.39 is 0 Å². The lowest BCUT2D eigenvalue weighted by Crippen LogP contribution is -2.41. The number of hydrogen-bond acceptors (Lipinski definition) is 6. The van der Waals surface area contributed by atoms with E-state index in [0.717, 1.165) is 23.5 Å². The lowest BCUT2D eigenvalue weighted by molar-refractivity contribution is -0.117. The van der Waals surface area contributed by atoms with Crippen LogP contribution in [0.25, 0.3) is 0 Å². The Bertz CT molecular complexity index is 871. The standard InChI is InChI=1S/C19H23N5O2S/c1-11-12(2)27-16(23-11)5-6-20-19(26)14-7-15-18(21-8-14)22-9-17(25)24(15)10-13-3-4-13/h7-8,13H,3-6,9-10H2,1-2H3,(H,20,26)(H,21,22). The number of aryl methyl sites for hydroxylation is 2. The molecule has 3 heterocycles. The van der Waals surface area contributed by atoms with Gasteiger partial charge in [0.1, 0.15) is 5.82 Å². The Balaban J connectivity index is 1.43. The fraction of sp³-hybridized carbons (Fsp3) is 0.474. The fourth-order valence-corrected chi connectivity index (χ4v) is 4.03. The summed E-state index contributed by atoms with van der Waals surface area (Å²) in [6.07, 6.45) is 4.59. The summed E-state index contributed by atoms with van der Waals surface area (Å²) in [6, 6.07) is 1.77. The number of aromatic nitrogens is 2. The number of hydrogen-bond donors (Lipinski definition) is 2. The molecule has 0 atom stereocenters. The summed E-state index contributed by atoms with van der Waals surface area (Å²) in [5.74, 6) is 1.09. The highest BCUT2D eigenvalue weighted by atomic mass is 32.1. The van der Waals surface area contributed by atoms with Crippen LogP contribution in [0, 0.1) is 19.8 Å². The average Bonchev–Trinajstić information content (AvgIpc) is 3.41. The van der Waals surface area contributed by atoms with Gasteiger partial charge in [0.25, 0.3) is 5.91 Å². The molecule has 0 unspecified atom stereocenters. The summed E-state index contributed by atoms with van der Waals surface area (Å²) in [6.45, 7) is 5.53. The largest absolute Gasteiger partial charge is 0.359 e. The molecule has 2 aliphatic rings. The van der Waals surface area contributed by atoms with Gasteiger partial charge in [-0.05, 0) is 38.7 Å². The highest BCUT2D eigenvalue weighted by Crippen LogP contribution is 2.35. The molecule has 1 aliphatic carbocycles. The van der Waals surface area contributed by atoms with Gasteiger partial charge in [-0.2, -0.15) is 0 Å². The van der Waals surface area contributed by atoms with Gasteiger partial charge in [-0.3, -0.25) is 9.59 Å². The number of anilines is 2. The molecule has 0 radical (unpaired) electrons. The van der Waals surface area contributed by atoms with Crippen LogP contribution in [-0.4, -0.2) is 41.4 Å². The van der Waals surface area contributed by atoms with Gasteiger partial charge in [-0.25, -0.2) is 9.97 Å². The van der Waals surface area contributed by atoms with Crippen LogP contribution in [0.1, 0.15) is 38.8 Å². The van der Waals surface area contributed by atoms with Crippen molar-refractivity contribution in [1.29, 1.82) is 0 Å². The maximum absolute atomic E-state index is 12.5. The van der Waals surface area contributed by atoms with E-state index in [2.05, 4.69) is 27.5 Å². The third-order valence-corrected chi connectivity index (χ3v) is 6.10. The molecule has 4 rings (SSSR count). The summed E-state index contributed by atoms with van der Waals surface area (Å²) >= 11 is 1.67. The second-order valence-corrected chi connectivity index (χ2v) is 8.44. The van der Waals surface area contributed by atoms with E-state index in [1.807, 2.05) is 6.92 Å². The Kier molecular flexibility index (Phi) is 4.82. The van der Waals surface area contributed by atoms with Crippen LogP contribution >= 0.6 is 11.3 Å². The number of rotatable bonds is 6. The minimum Gasteiger partial charge on any atom is -0.359 e. The number of pyridine rings is 1. The Morgan fingerprint density at radius 2 is 2.22 bits per heavy atom. The van der Waals surface area contributed by atoms with E-state index in [1.165, 1.54) is 4.88 Å². The van der Waals surface area contributed by atoms with E-state index in [0.29, 0.717) is 42.5 Å². The molecule has 1 saturated carbocycles. The first-order chi connectivity index (χ1) is 13.0. The average molecular weight is 385 g/mol. The third kappa shape index (κ3) is 3.95. The summed E-state index contributed by atoms with van der Waals surface area (Å²) in [7, 11) is 0. The molecule has 0 bridgehead atoms. The Hall–Kier alpha value is -2.48. The maximum atomic E-state index is 12.5. The van der Waals surface area contributed by atoms with Crippen molar-refractivity contribution < 1.29 is 9.59 Å². The first-order valence-electron chi connectivity index (χ1n) is 9.26. The summed E-state index contributed by atoms with van der Waals surface area (Å²) in [4.78, 5) is 36.6. The molecule has 2 aromatic rings. The van der Waals surface area contributed by atoms with Crippen LogP contribution in [0.5, 0.6) is 0 Å². The zero-order valence-electron chi connectivity index (χ0n) is 15.5. The maximum Gasteiger partial charge on any atom is 0.252 e. The Labute approximate surface area is 162 Å². The molecular formula is C19H23N5O2S. The monoisotopic (exact) mass is 385 g/mol. The van der Waals surface area contributed by atoms with E-state index in [4.69, 9.17) is 0 Å². The second-order valence-electron chi connectivity index (χ2n) is 7.15. The molecular weight excluding hydrogens is 362 g/mol. The molecule has 2 N–H and O–H groups in total. The van der Waals surface area contributed by atoms with Crippen molar-refractivity contribution in [3.05, 3.63) is 33.4 Å². The molecule has 1 aliphatic heterocycles. The van der Waals surface area contributed by atoms with Crippen molar-refractivity contribution in [3.8, 4) is 0 Å². The van der Waals surface area contributed by atoms with E-state index in [-0.39, 0.29) is 18.4 Å². The van der Waals surface area contributed by atoms with Crippen LogP contribution in [0.4, 0.5) is 11.5 Å². The van der Waals surface area contributed by atoms with Gasteiger partial charge in [-0.1, -0.05) is 0 Å². The molecule has 27 heavy (non-hydrogen) atoms. The molecule has 7 nitrogen and oxygen atoms in total. The molecule has 1 fully saturated rings. The number of carbonyl (C=O) groups is 2. The zero-order valence-corrected chi connectivity index (χ0v) is 16.4. The van der Waals surface area contributed by atoms with Crippen LogP contribution in [0.3, 0.4) is 0 Å². The second kappa shape index (κ2) is 7.26. The van der Waals surface area contributed by atoms with Crippen LogP contribution in [0.15, 0.2) is 12.3 Å². The molecule has 2 aromatic heterocycles. The van der Waals surface area contributed by atoms with Crippen LogP contribution in [-0.2, 0) is 11.2 Å². The molecule has 0 aromatic carbocycles. The highest BCUT2D eigenvalue weighted by molar-refractivity contribution is 7.11. The smallest absolute Gasteiger partial charge is 0.252 e. The first-order valence-corrected chi connectivity index (χ1v) is 10.1. The normalized spacial score (nSPS) is 16.1. The Morgan fingerprint density at radius 3 is 2.93 bits per heavy atom. The molecule has 0 spiro atoms. The minimum atomic E-state index is -0.181. The van der Waals surface area contributed by atoms with E-state index >= 15 is 0 Å². The van der Waals surface area contributed by atoms with E-state index in [9.17, 15) is 9.59 Å². The number of amides is 2.